The van der Waals surface area contributed by atoms with Crippen LogP contribution < -0.4 is 11.4 Å². The fourth-order valence-electron chi connectivity index (χ4n) is 4.81. The van der Waals surface area contributed by atoms with Crippen LogP contribution in [0.4, 0.5) is 0 Å². The van der Waals surface area contributed by atoms with Crippen molar-refractivity contribution in [3.05, 3.63) is 57.4 Å². The van der Waals surface area contributed by atoms with Gasteiger partial charge >= 0.3 is 11.4 Å². The monoisotopic (exact) mass is 269 g/mol. The third-order valence-corrected chi connectivity index (χ3v) is 5.88. The minimum absolute atomic E-state index is 0.0151. The minimum Gasteiger partial charge on any atom is -0.246 e. The Bertz CT molecular complexity index is 784. The van der Waals surface area contributed by atoms with E-state index in [9.17, 15) is 9.59 Å². The van der Waals surface area contributed by atoms with E-state index in [4.69, 9.17) is 0 Å². The average molecular weight is 269 g/mol. The van der Waals surface area contributed by atoms with E-state index in [1.807, 2.05) is 0 Å². The molecule has 5 nitrogen and oxygen atoms in total. The Morgan fingerprint density at radius 1 is 0.950 bits per heavy atom. The van der Waals surface area contributed by atoms with Gasteiger partial charge in [0.1, 0.15) is 0 Å². The van der Waals surface area contributed by atoms with Gasteiger partial charge in [0.2, 0.25) is 0 Å². The average Bonchev–Trinajstić information content (AvgIpc) is 2.67. The first kappa shape index (κ1) is 10.7. The summed E-state index contributed by atoms with van der Waals surface area (Å²) in [5.74, 6) is 0. The molecule has 4 atom stereocenters. The molecule has 0 saturated heterocycles. The Kier molecular flexibility index (Phi) is 1.52. The third kappa shape index (κ3) is 0.773. The van der Waals surface area contributed by atoms with Crippen molar-refractivity contribution in [3.63, 3.8) is 0 Å². The van der Waals surface area contributed by atoms with E-state index < -0.39 is 0 Å². The second-order valence-electron chi connectivity index (χ2n) is 6.38. The van der Waals surface area contributed by atoms with Crippen LogP contribution in [0.15, 0.2) is 46.0 Å². The molecule has 6 rings (SSSR count). The summed E-state index contributed by atoms with van der Waals surface area (Å²) in [7, 11) is 1.56. The second-order valence-corrected chi connectivity index (χ2v) is 6.38. The van der Waals surface area contributed by atoms with Crippen molar-refractivity contribution in [2.45, 2.75) is 24.9 Å². The van der Waals surface area contributed by atoms with Crippen LogP contribution in [0.3, 0.4) is 0 Å². The zero-order valence-corrected chi connectivity index (χ0v) is 11.2. The van der Waals surface area contributed by atoms with Crippen molar-refractivity contribution in [2.75, 3.05) is 0 Å². The molecule has 0 unspecified atom stereocenters. The lowest BCUT2D eigenvalue weighted by Crippen LogP contribution is -2.64. The molecule has 3 aliphatic carbocycles. The number of allylic oxidation sites excluding steroid dienone is 6. The zero-order valence-electron chi connectivity index (χ0n) is 11.2. The van der Waals surface area contributed by atoms with E-state index in [2.05, 4.69) is 36.5 Å². The predicted octanol–water partition coefficient (Wildman–Crippen LogP) is 0.907. The van der Waals surface area contributed by atoms with Crippen molar-refractivity contribution in [1.29, 1.82) is 0 Å². The largest absolute Gasteiger partial charge is 0.347 e. The summed E-state index contributed by atoms with van der Waals surface area (Å²) in [5, 5.41) is 0. The lowest BCUT2D eigenvalue weighted by Gasteiger charge is -2.65. The molecule has 2 aliphatic heterocycles. The molecule has 3 heterocycles. The van der Waals surface area contributed by atoms with Gasteiger partial charge in [0, 0.05) is 17.9 Å². The fourth-order valence-corrected chi connectivity index (χ4v) is 4.81. The molecule has 5 aliphatic rings. The molecule has 2 bridgehead atoms. The van der Waals surface area contributed by atoms with Crippen molar-refractivity contribution < 1.29 is 0 Å². The van der Waals surface area contributed by atoms with Crippen molar-refractivity contribution in [2.24, 2.45) is 17.9 Å². The molecule has 0 aromatic carbocycles. The third-order valence-electron chi connectivity index (χ3n) is 5.88. The van der Waals surface area contributed by atoms with Crippen LogP contribution in [0.25, 0.3) is 0 Å². The normalized spacial score (nSPS) is 42.0. The molecular weight excluding hydrogens is 254 g/mol. The number of rotatable bonds is 0. The Balaban J connectivity index is 1.92. The van der Waals surface area contributed by atoms with Gasteiger partial charge in [-0.15, -0.1) is 0 Å². The summed E-state index contributed by atoms with van der Waals surface area (Å²) in [6.45, 7) is 0. The zero-order chi connectivity index (χ0) is 13.7. The molecule has 1 aromatic rings. The first-order valence-electron chi connectivity index (χ1n) is 7.06. The summed E-state index contributed by atoms with van der Waals surface area (Å²) < 4.78 is 4.58. The lowest BCUT2D eigenvalue weighted by atomic mass is 9.43. The van der Waals surface area contributed by atoms with Gasteiger partial charge in [-0.3, -0.25) is 0 Å². The van der Waals surface area contributed by atoms with E-state index in [-0.39, 0.29) is 34.3 Å². The highest BCUT2D eigenvalue weighted by Gasteiger charge is 2.67. The second kappa shape index (κ2) is 2.85. The Hall–Kier alpha value is -2.04. The van der Waals surface area contributed by atoms with Gasteiger partial charge in [-0.25, -0.2) is 23.5 Å². The number of nitrogens with zero attached hydrogens (tertiary/aromatic N) is 3. The molecule has 0 saturated carbocycles. The quantitative estimate of drug-likeness (QED) is 0.657. The van der Waals surface area contributed by atoms with Crippen LogP contribution in [0.5, 0.6) is 0 Å². The van der Waals surface area contributed by atoms with Crippen molar-refractivity contribution in [1.82, 2.24) is 13.9 Å². The molecule has 0 spiro atoms. The van der Waals surface area contributed by atoms with E-state index in [0.717, 1.165) is 12.8 Å². The number of aromatic nitrogens is 3. The lowest BCUT2D eigenvalue weighted by molar-refractivity contribution is -0.0513. The molecule has 1 aromatic heterocycles. The van der Waals surface area contributed by atoms with Crippen LogP contribution in [-0.2, 0) is 7.05 Å². The molecule has 0 amide bonds. The van der Waals surface area contributed by atoms with E-state index in [1.165, 1.54) is 4.57 Å². The molecule has 5 heteroatoms. The molecule has 0 N–H and O–H groups in total. The standard InChI is InChI=1S/C15H15N3O2/c1-16-12(19)17-10-4-5-11(18(17)13(16)20)15-7-3-2-6-14(10,15)8-9-15/h2-5,8-11H,6-7H2,1H3/t10-,11+,14+,15-. The maximum Gasteiger partial charge on any atom is 0.347 e. The topological polar surface area (TPSA) is 48.9 Å². The van der Waals surface area contributed by atoms with Gasteiger partial charge in [-0.2, -0.15) is 0 Å². The first-order valence-corrected chi connectivity index (χ1v) is 7.06. The summed E-state index contributed by atoms with van der Waals surface area (Å²) in [6.07, 6.45) is 15.1. The molecule has 0 radical (unpaired) electrons. The minimum atomic E-state index is -0.202. The van der Waals surface area contributed by atoms with Crippen molar-refractivity contribution in [3.8, 4) is 0 Å². The van der Waals surface area contributed by atoms with Gasteiger partial charge in [0.25, 0.3) is 0 Å². The number of hydrogen-bond donors (Lipinski definition) is 0. The fraction of sp³-hybridized carbons (Fsp3) is 0.467. The van der Waals surface area contributed by atoms with Crippen LogP contribution in [0, 0.1) is 10.8 Å². The first-order chi connectivity index (χ1) is 9.62. The van der Waals surface area contributed by atoms with Gasteiger partial charge < -0.3 is 0 Å². The molecule has 20 heavy (non-hydrogen) atoms. The van der Waals surface area contributed by atoms with Crippen molar-refractivity contribution >= 4 is 0 Å². The van der Waals surface area contributed by atoms with Crippen LogP contribution in [0.1, 0.15) is 24.9 Å². The maximum absolute atomic E-state index is 12.4. The summed E-state index contributed by atoms with van der Waals surface area (Å²) >= 11 is 0. The Morgan fingerprint density at radius 3 is 1.80 bits per heavy atom. The number of hydrogen-bond acceptors (Lipinski definition) is 2. The van der Waals surface area contributed by atoms with E-state index in [0.29, 0.717) is 0 Å². The van der Waals surface area contributed by atoms with E-state index in [1.54, 1.807) is 16.4 Å². The molecular formula is C15H15N3O2. The highest BCUT2D eigenvalue weighted by Crippen LogP contribution is 2.71. The van der Waals surface area contributed by atoms with Crippen LogP contribution in [0.2, 0.25) is 0 Å². The van der Waals surface area contributed by atoms with Crippen LogP contribution >= 0.6 is 0 Å². The SMILES string of the molecule is Cn1c(=O)n2n(c1=O)[C@@H]1C=C[C@H]2[C@@]23C=C[C@@]12CC=CC3. The summed E-state index contributed by atoms with van der Waals surface area (Å²) in [5.41, 5.74) is -0.434. The van der Waals surface area contributed by atoms with Gasteiger partial charge in [0.05, 0.1) is 12.1 Å². The Morgan fingerprint density at radius 2 is 1.40 bits per heavy atom. The van der Waals surface area contributed by atoms with Gasteiger partial charge in [-0.05, 0) is 12.8 Å². The maximum atomic E-state index is 12.4. The van der Waals surface area contributed by atoms with Gasteiger partial charge in [-0.1, -0.05) is 36.5 Å². The highest BCUT2D eigenvalue weighted by atomic mass is 16.2. The molecule has 102 valence electrons. The molecule has 0 fully saturated rings. The highest BCUT2D eigenvalue weighted by molar-refractivity contribution is 5.43. The van der Waals surface area contributed by atoms with E-state index >= 15 is 0 Å². The summed E-state index contributed by atoms with van der Waals surface area (Å²) in [4.78, 5) is 24.8. The predicted molar refractivity (Wildman–Crippen MR) is 73.5 cm³/mol. The summed E-state index contributed by atoms with van der Waals surface area (Å²) in [6, 6.07) is -0.0762. The van der Waals surface area contributed by atoms with Gasteiger partial charge in [0.15, 0.2) is 0 Å². The Labute approximate surface area is 115 Å². The smallest absolute Gasteiger partial charge is 0.246 e. The van der Waals surface area contributed by atoms with Crippen LogP contribution in [-0.4, -0.2) is 13.9 Å².